The van der Waals surface area contributed by atoms with Crippen LogP contribution >= 0.6 is 0 Å². The fourth-order valence-corrected chi connectivity index (χ4v) is 1.59. The van der Waals surface area contributed by atoms with Crippen molar-refractivity contribution >= 4 is 11.1 Å². The minimum atomic E-state index is -0.283. The second kappa shape index (κ2) is 4.31. The molecule has 1 N–H and O–H groups in total. The monoisotopic (exact) mass is 206 g/mol. The van der Waals surface area contributed by atoms with Crippen molar-refractivity contribution in [2.45, 2.75) is 13.5 Å². The second-order valence-electron chi connectivity index (χ2n) is 3.34. The van der Waals surface area contributed by atoms with Gasteiger partial charge in [0, 0.05) is 13.1 Å². The number of para-hydroxylation sites is 2. The summed E-state index contributed by atoms with van der Waals surface area (Å²) in [4.78, 5) is 11.5. The van der Waals surface area contributed by atoms with Crippen molar-refractivity contribution in [3.05, 3.63) is 34.8 Å². The summed E-state index contributed by atoms with van der Waals surface area (Å²) in [6, 6.07) is 7.47. The maximum Gasteiger partial charge on any atom is 0.419 e. The van der Waals surface area contributed by atoms with Crippen LogP contribution in [0.25, 0.3) is 11.1 Å². The van der Waals surface area contributed by atoms with Crippen LogP contribution < -0.4 is 11.1 Å². The van der Waals surface area contributed by atoms with Crippen molar-refractivity contribution in [3.63, 3.8) is 0 Å². The number of fused-ring (bicyclic) bond motifs is 1. The maximum absolute atomic E-state index is 11.5. The van der Waals surface area contributed by atoms with Gasteiger partial charge < -0.3 is 9.73 Å². The van der Waals surface area contributed by atoms with Crippen molar-refractivity contribution in [2.24, 2.45) is 0 Å². The smallest absolute Gasteiger partial charge is 0.408 e. The molecule has 0 aliphatic rings. The first kappa shape index (κ1) is 9.98. The fraction of sp³-hybridized carbons (Fsp3) is 0.364. The Hall–Kier alpha value is -1.55. The molecule has 0 bridgehead atoms. The molecule has 0 saturated carbocycles. The number of oxazole rings is 1. The Morgan fingerprint density at radius 2 is 2.20 bits per heavy atom. The van der Waals surface area contributed by atoms with Gasteiger partial charge in [-0.1, -0.05) is 19.1 Å². The molecule has 1 aromatic carbocycles. The Bertz CT molecular complexity index is 499. The summed E-state index contributed by atoms with van der Waals surface area (Å²) in [5.41, 5.74) is 1.51. The predicted octanol–water partition coefficient (Wildman–Crippen LogP) is 1.20. The third kappa shape index (κ3) is 1.94. The van der Waals surface area contributed by atoms with Gasteiger partial charge in [-0.25, -0.2) is 4.79 Å². The number of rotatable bonds is 4. The van der Waals surface area contributed by atoms with Crippen LogP contribution in [0.4, 0.5) is 0 Å². The lowest BCUT2D eigenvalue weighted by Crippen LogP contribution is -2.24. The van der Waals surface area contributed by atoms with E-state index in [0.29, 0.717) is 12.1 Å². The van der Waals surface area contributed by atoms with Gasteiger partial charge in [-0.3, -0.25) is 4.57 Å². The van der Waals surface area contributed by atoms with E-state index in [-0.39, 0.29) is 5.76 Å². The van der Waals surface area contributed by atoms with Crippen LogP contribution in [-0.4, -0.2) is 17.7 Å². The number of aromatic nitrogens is 1. The van der Waals surface area contributed by atoms with Gasteiger partial charge >= 0.3 is 5.76 Å². The molecule has 0 saturated heterocycles. The minimum Gasteiger partial charge on any atom is -0.408 e. The van der Waals surface area contributed by atoms with Crippen LogP contribution in [0, 0.1) is 0 Å². The van der Waals surface area contributed by atoms with Crippen molar-refractivity contribution < 1.29 is 4.42 Å². The van der Waals surface area contributed by atoms with Gasteiger partial charge in [-0.05, 0) is 18.7 Å². The van der Waals surface area contributed by atoms with Gasteiger partial charge in [0.2, 0.25) is 0 Å². The molecule has 0 unspecified atom stereocenters. The highest BCUT2D eigenvalue weighted by Gasteiger charge is 2.06. The zero-order chi connectivity index (χ0) is 10.7. The third-order valence-corrected chi connectivity index (χ3v) is 2.34. The summed E-state index contributed by atoms with van der Waals surface area (Å²) in [6.45, 7) is 4.37. The van der Waals surface area contributed by atoms with E-state index in [1.807, 2.05) is 25.1 Å². The molecule has 1 heterocycles. The maximum atomic E-state index is 11.5. The lowest BCUT2D eigenvalue weighted by atomic mass is 10.3. The summed E-state index contributed by atoms with van der Waals surface area (Å²) in [7, 11) is 0. The van der Waals surface area contributed by atoms with E-state index < -0.39 is 0 Å². The van der Waals surface area contributed by atoms with Crippen molar-refractivity contribution in [1.29, 1.82) is 0 Å². The van der Waals surface area contributed by atoms with Crippen LogP contribution in [0.1, 0.15) is 6.92 Å². The molecule has 4 heteroatoms. The van der Waals surface area contributed by atoms with Crippen LogP contribution in [0.15, 0.2) is 33.5 Å². The first-order valence-corrected chi connectivity index (χ1v) is 5.12. The minimum absolute atomic E-state index is 0.283. The van der Waals surface area contributed by atoms with E-state index in [1.54, 1.807) is 10.6 Å². The van der Waals surface area contributed by atoms with E-state index in [2.05, 4.69) is 5.32 Å². The van der Waals surface area contributed by atoms with Crippen molar-refractivity contribution in [3.8, 4) is 0 Å². The fourth-order valence-electron chi connectivity index (χ4n) is 1.59. The first-order chi connectivity index (χ1) is 7.33. The van der Waals surface area contributed by atoms with Crippen LogP contribution in [-0.2, 0) is 6.54 Å². The summed E-state index contributed by atoms with van der Waals surface area (Å²) < 4.78 is 6.76. The van der Waals surface area contributed by atoms with Crippen LogP contribution in [0.2, 0.25) is 0 Å². The zero-order valence-corrected chi connectivity index (χ0v) is 8.69. The van der Waals surface area contributed by atoms with Crippen LogP contribution in [0.5, 0.6) is 0 Å². The number of likely N-dealkylation sites (N-methyl/N-ethyl adjacent to an activating group) is 1. The molecule has 1 aromatic heterocycles. The molecule has 80 valence electrons. The molecule has 2 rings (SSSR count). The van der Waals surface area contributed by atoms with Gasteiger partial charge in [0.25, 0.3) is 0 Å². The summed E-state index contributed by atoms with van der Waals surface area (Å²) >= 11 is 0. The van der Waals surface area contributed by atoms with Gasteiger partial charge in [-0.15, -0.1) is 0 Å². The van der Waals surface area contributed by atoms with E-state index in [1.165, 1.54) is 0 Å². The summed E-state index contributed by atoms with van der Waals surface area (Å²) in [5.74, 6) is -0.283. The molecule has 0 aliphatic heterocycles. The normalized spacial score (nSPS) is 11.0. The Morgan fingerprint density at radius 1 is 1.40 bits per heavy atom. The van der Waals surface area contributed by atoms with E-state index in [4.69, 9.17) is 4.42 Å². The Labute approximate surface area is 87.5 Å². The molecule has 0 spiro atoms. The molecule has 0 amide bonds. The van der Waals surface area contributed by atoms with Gasteiger partial charge in [-0.2, -0.15) is 0 Å². The molecule has 0 fully saturated rings. The van der Waals surface area contributed by atoms with Gasteiger partial charge in [0.05, 0.1) is 5.52 Å². The molecule has 0 radical (unpaired) electrons. The Balaban J connectivity index is 2.33. The number of benzene rings is 1. The average molecular weight is 206 g/mol. The highest BCUT2D eigenvalue weighted by Crippen LogP contribution is 2.10. The standard InChI is InChI=1S/C11H14N2O2/c1-2-12-7-8-13-9-5-3-4-6-10(9)15-11(13)14/h3-6,12H,2,7-8H2,1H3. The highest BCUT2D eigenvalue weighted by atomic mass is 16.4. The lowest BCUT2D eigenvalue weighted by Gasteiger charge is -2.01. The topological polar surface area (TPSA) is 47.2 Å². The lowest BCUT2D eigenvalue weighted by molar-refractivity contribution is 0.496. The van der Waals surface area contributed by atoms with Crippen molar-refractivity contribution in [2.75, 3.05) is 13.1 Å². The molecular weight excluding hydrogens is 192 g/mol. The van der Waals surface area contributed by atoms with Crippen LogP contribution in [0.3, 0.4) is 0 Å². The number of hydrogen-bond acceptors (Lipinski definition) is 3. The zero-order valence-electron chi connectivity index (χ0n) is 8.69. The highest BCUT2D eigenvalue weighted by molar-refractivity contribution is 5.72. The van der Waals surface area contributed by atoms with E-state index >= 15 is 0 Å². The first-order valence-electron chi connectivity index (χ1n) is 5.12. The second-order valence-corrected chi connectivity index (χ2v) is 3.34. The Morgan fingerprint density at radius 3 is 3.00 bits per heavy atom. The molecule has 0 atom stereocenters. The molecule has 0 aliphatic carbocycles. The number of nitrogens with zero attached hydrogens (tertiary/aromatic N) is 1. The van der Waals surface area contributed by atoms with E-state index in [9.17, 15) is 4.79 Å². The molecule has 15 heavy (non-hydrogen) atoms. The SMILES string of the molecule is CCNCCn1c(=O)oc2ccccc21. The average Bonchev–Trinajstić information content (AvgIpc) is 2.56. The summed E-state index contributed by atoms with van der Waals surface area (Å²) in [6.07, 6.45) is 0. The van der Waals surface area contributed by atoms with Gasteiger partial charge in [0.15, 0.2) is 5.58 Å². The predicted molar refractivity (Wildman–Crippen MR) is 59.0 cm³/mol. The largest absolute Gasteiger partial charge is 0.419 e. The van der Waals surface area contributed by atoms with Crippen molar-refractivity contribution in [1.82, 2.24) is 9.88 Å². The number of hydrogen-bond donors (Lipinski definition) is 1. The molecule has 4 nitrogen and oxygen atoms in total. The third-order valence-electron chi connectivity index (χ3n) is 2.34. The Kier molecular flexibility index (Phi) is 2.87. The van der Waals surface area contributed by atoms with Gasteiger partial charge in [0.1, 0.15) is 0 Å². The van der Waals surface area contributed by atoms with E-state index in [0.717, 1.165) is 18.6 Å². The number of nitrogens with one attached hydrogen (secondary N) is 1. The molecular formula is C11H14N2O2. The molecule has 2 aromatic rings. The quantitative estimate of drug-likeness (QED) is 0.765. The summed E-state index contributed by atoms with van der Waals surface area (Å²) in [5, 5.41) is 3.18.